The van der Waals surface area contributed by atoms with Crippen molar-refractivity contribution < 1.29 is 13.2 Å². The summed E-state index contributed by atoms with van der Waals surface area (Å²) in [6.07, 6.45) is 0. The Hall–Kier alpha value is -1.38. The Morgan fingerprint density at radius 1 is 1.14 bits per heavy atom. The zero-order valence-electron chi connectivity index (χ0n) is 11.3. The third kappa shape index (κ3) is 3.84. The molecular weight excluding hydrogens is 376 g/mol. The molecule has 2 aromatic rings. The highest BCUT2D eigenvalue weighted by Gasteiger charge is 2.17. The molecular formula is C13H13BrN2O3S2. The normalized spacial score (nSPS) is 11.2. The summed E-state index contributed by atoms with van der Waals surface area (Å²) in [5, 5.41) is 0. The second-order valence-corrected chi connectivity index (χ2v) is 8.81. The molecule has 0 unspecified atom stereocenters. The molecule has 1 heterocycles. The van der Waals surface area contributed by atoms with E-state index in [4.69, 9.17) is 0 Å². The Morgan fingerprint density at radius 3 is 2.24 bits per heavy atom. The predicted molar refractivity (Wildman–Crippen MR) is 87.3 cm³/mol. The second-order valence-electron chi connectivity index (χ2n) is 4.44. The first-order valence-electron chi connectivity index (χ1n) is 5.89. The van der Waals surface area contributed by atoms with Crippen LogP contribution in [0.4, 0.5) is 5.69 Å². The van der Waals surface area contributed by atoms with Crippen molar-refractivity contribution in [1.29, 1.82) is 0 Å². The molecule has 0 aliphatic rings. The molecule has 0 atom stereocenters. The fourth-order valence-corrected chi connectivity index (χ4v) is 4.66. The summed E-state index contributed by atoms with van der Waals surface area (Å²) < 4.78 is 27.7. The van der Waals surface area contributed by atoms with Gasteiger partial charge in [-0.2, -0.15) is 0 Å². The third-order valence-corrected chi connectivity index (χ3v) is 6.10. The molecule has 0 fully saturated rings. The number of halogens is 1. The molecule has 5 nitrogen and oxygen atoms in total. The van der Waals surface area contributed by atoms with Crippen molar-refractivity contribution >= 4 is 48.9 Å². The standard InChI is InChI=1S/C13H13BrN2O3S2/c1-16(2)13(17)9-3-5-10(6-4-9)15-21(18,19)12-8-7-11(14)20-12/h3-8,15H,1-2H3. The van der Waals surface area contributed by atoms with Gasteiger partial charge in [-0.15, -0.1) is 11.3 Å². The molecule has 0 saturated carbocycles. The zero-order valence-corrected chi connectivity index (χ0v) is 14.5. The molecule has 112 valence electrons. The summed E-state index contributed by atoms with van der Waals surface area (Å²) in [4.78, 5) is 13.2. The number of carbonyl (C=O) groups is 1. The van der Waals surface area contributed by atoms with E-state index < -0.39 is 10.0 Å². The second kappa shape index (κ2) is 6.17. The number of anilines is 1. The van der Waals surface area contributed by atoms with Crippen LogP contribution in [0.1, 0.15) is 10.4 Å². The van der Waals surface area contributed by atoms with E-state index in [1.807, 2.05) is 0 Å². The maximum absolute atomic E-state index is 12.1. The predicted octanol–water partition coefficient (Wildman–Crippen LogP) is 3.01. The van der Waals surface area contributed by atoms with Crippen molar-refractivity contribution in [1.82, 2.24) is 4.90 Å². The van der Waals surface area contributed by atoms with Crippen LogP contribution in [0.5, 0.6) is 0 Å². The van der Waals surface area contributed by atoms with Gasteiger partial charge in [-0.05, 0) is 52.3 Å². The van der Waals surface area contributed by atoms with Crippen LogP contribution in [0.15, 0.2) is 44.4 Å². The largest absolute Gasteiger partial charge is 0.345 e. The van der Waals surface area contributed by atoms with E-state index in [2.05, 4.69) is 20.7 Å². The molecule has 0 radical (unpaired) electrons. The number of nitrogens with one attached hydrogen (secondary N) is 1. The first-order chi connectivity index (χ1) is 9.79. The Kier molecular flexibility index (Phi) is 4.70. The minimum absolute atomic E-state index is 0.133. The van der Waals surface area contributed by atoms with Crippen LogP contribution in [0.3, 0.4) is 0 Å². The highest BCUT2D eigenvalue weighted by Crippen LogP contribution is 2.27. The molecule has 2 rings (SSSR count). The highest BCUT2D eigenvalue weighted by molar-refractivity contribution is 9.11. The van der Waals surface area contributed by atoms with Crippen LogP contribution in [0, 0.1) is 0 Å². The van der Waals surface area contributed by atoms with Crippen LogP contribution < -0.4 is 4.72 Å². The van der Waals surface area contributed by atoms with Crippen molar-refractivity contribution in [2.45, 2.75) is 4.21 Å². The molecule has 8 heteroatoms. The van der Waals surface area contributed by atoms with E-state index in [-0.39, 0.29) is 10.1 Å². The number of sulfonamides is 1. The number of benzene rings is 1. The monoisotopic (exact) mass is 388 g/mol. The topological polar surface area (TPSA) is 66.5 Å². The van der Waals surface area contributed by atoms with Crippen molar-refractivity contribution in [2.24, 2.45) is 0 Å². The summed E-state index contributed by atoms with van der Waals surface area (Å²) in [5.41, 5.74) is 0.914. The Balaban J connectivity index is 2.19. The van der Waals surface area contributed by atoms with Crippen LogP contribution in [0.2, 0.25) is 0 Å². The quantitative estimate of drug-likeness (QED) is 0.874. The smallest absolute Gasteiger partial charge is 0.271 e. The van der Waals surface area contributed by atoms with Crippen LogP contribution in [-0.2, 0) is 10.0 Å². The lowest BCUT2D eigenvalue weighted by Gasteiger charge is -2.11. The summed E-state index contributed by atoms with van der Waals surface area (Å²) in [6.45, 7) is 0. The lowest BCUT2D eigenvalue weighted by molar-refractivity contribution is 0.0827. The number of carbonyl (C=O) groups excluding carboxylic acids is 1. The van der Waals surface area contributed by atoms with E-state index in [0.717, 1.165) is 15.1 Å². The molecule has 1 aromatic heterocycles. The zero-order chi connectivity index (χ0) is 15.6. The minimum atomic E-state index is -3.60. The van der Waals surface area contributed by atoms with Crippen LogP contribution in [-0.4, -0.2) is 33.3 Å². The number of rotatable bonds is 4. The van der Waals surface area contributed by atoms with Gasteiger partial charge in [0, 0.05) is 25.3 Å². The molecule has 0 spiro atoms. The Bertz CT molecular complexity index is 752. The van der Waals surface area contributed by atoms with Gasteiger partial charge in [-0.1, -0.05) is 0 Å². The minimum Gasteiger partial charge on any atom is -0.345 e. The van der Waals surface area contributed by atoms with Gasteiger partial charge in [0.2, 0.25) is 0 Å². The van der Waals surface area contributed by atoms with Crippen LogP contribution >= 0.6 is 27.3 Å². The van der Waals surface area contributed by atoms with Gasteiger partial charge in [0.25, 0.3) is 15.9 Å². The number of nitrogens with zero attached hydrogens (tertiary/aromatic N) is 1. The molecule has 0 aliphatic heterocycles. The van der Waals surface area contributed by atoms with Gasteiger partial charge in [0.1, 0.15) is 4.21 Å². The molecule has 1 amide bonds. The van der Waals surface area contributed by atoms with Gasteiger partial charge in [-0.3, -0.25) is 9.52 Å². The average Bonchev–Trinajstić information content (AvgIpc) is 2.86. The fourth-order valence-electron chi connectivity index (χ4n) is 1.59. The maximum atomic E-state index is 12.1. The van der Waals surface area contributed by atoms with Gasteiger partial charge in [0.05, 0.1) is 3.79 Å². The molecule has 0 aliphatic carbocycles. The van der Waals surface area contributed by atoms with Crippen molar-refractivity contribution in [3.05, 3.63) is 45.7 Å². The summed E-state index contributed by atoms with van der Waals surface area (Å²) in [7, 11) is -0.278. The maximum Gasteiger partial charge on any atom is 0.271 e. The van der Waals surface area contributed by atoms with Gasteiger partial charge in [0.15, 0.2) is 0 Å². The van der Waals surface area contributed by atoms with E-state index in [1.54, 1.807) is 44.4 Å². The van der Waals surface area contributed by atoms with E-state index >= 15 is 0 Å². The first-order valence-corrected chi connectivity index (χ1v) is 8.99. The van der Waals surface area contributed by atoms with E-state index in [1.165, 1.54) is 11.0 Å². The SMILES string of the molecule is CN(C)C(=O)c1ccc(NS(=O)(=O)c2ccc(Br)s2)cc1. The molecule has 0 saturated heterocycles. The third-order valence-electron chi connectivity index (χ3n) is 2.60. The number of hydrogen-bond donors (Lipinski definition) is 1. The molecule has 1 aromatic carbocycles. The lowest BCUT2D eigenvalue weighted by Crippen LogP contribution is -2.21. The summed E-state index contributed by atoms with van der Waals surface area (Å²) in [5.74, 6) is -0.133. The van der Waals surface area contributed by atoms with Crippen molar-refractivity contribution in [2.75, 3.05) is 18.8 Å². The average molecular weight is 389 g/mol. The Morgan fingerprint density at radius 2 is 1.76 bits per heavy atom. The molecule has 1 N–H and O–H groups in total. The van der Waals surface area contributed by atoms with E-state index in [0.29, 0.717) is 11.3 Å². The number of hydrogen-bond acceptors (Lipinski definition) is 4. The summed E-state index contributed by atoms with van der Waals surface area (Å²) >= 11 is 4.36. The van der Waals surface area contributed by atoms with Crippen LogP contribution in [0.25, 0.3) is 0 Å². The van der Waals surface area contributed by atoms with Gasteiger partial charge >= 0.3 is 0 Å². The Labute approximate surface area is 135 Å². The molecule has 21 heavy (non-hydrogen) atoms. The number of amides is 1. The summed E-state index contributed by atoms with van der Waals surface area (Å²) in [6, 6.07) is 9.52. The lowest BCUT2D eigenvalue weighted by atomic mass is 10.2. The van der Waals surface area contributed by atoms with Crippen molar-refractivity contribution in [3.8, 4) is 0 Å². The fraction of sp³-hybridized carbons (Fsp3) is 0.154. The van der Waals surface area contributed by atoms with Gasteiger partial charge < -0.3 is 4.90 Å². The first kappa shape index (κ1) is 16.0. The van der Waals surface area contributed by atoms with Crippen molar-refractivity contribution in [3.63, 3.8) is 0 Å². The number of thiophene rings is 1. The van der Waals surface area contributed by atoms with Gasteiger partial charge in [-0.25, -0.2) is 8.42 Å². The molecule has 0 bridgehead atoms. The highest BCUT2D eigenvalue weighted by atomic mass is 79.9. The van der Waals surface area contributed by atoms with E-state index in [9.17, 15) is 13.2 Å².